The van der Waals surface area contributed by atoms with Crippen molar-refractivity contribution in [1.82, 2.24) is 14.8 Å². The van der Waals surface area contributed by atoms with E-state index in [1.807, 2.05) is 0 Å². The van der Waals surface area contributed by atoms with Crippen molar-refractivity contribution in [3.63, 3.8) is 0 Å². The zero-order valence-electron chi connectivity index (χ0n) is 11.4. The Morgan fingerprint density at radius 2 is 1.86 bits per heavy atom. The van der Waals surface area contributed by atoms with Crippen LogP contribution < -0.4 is 0 Å². The first-order valence-corrected chi connectivity index (χ1v) is 8.56. The molecule has 114 valence electrons. The van der Waals surface area contributed by atoms with Crippen molar-refractivity contribution in [2.24, 2.45) is 0 Å². The number of nitrogens with zero attached hydrogens (tertiary/aromatic N) is 3. The van der Waals surface area contributed by atoms with Crippen LogP contribution in [0.2, 0.25) is 5.02 Å². The van der Waals surface area contributed by atoms with Crippen LogP contribution in [-0.4, -0.2) is 23.2 Å². The molecule has 1 aromatic heterocycles. The van der Waals surface area contributed by atoms with E-state index in [0.29, 0.717) is 5.56 Å². The number of hydrogen-bond acceptors (Lipinski definition) is 4. The zero-order chi connectivity index (χ0) is 16.0. The van der Waals surface area contributed by atoms with E-state index in [9.17, 15) is 12.8 Å². The van der Waals surface area contributed by atoms with Gasteiger partial charge in [-0.15, -0.1) is 10.2 Å². The molecule has 1 heterocycles. The third kappa shape index (κ3) is 3.20. The normalized spacial score (nSPS) is 12.7. The number of benzene rings is 1. The molecule has 0 aliphatic rings. The number of halogens is 3. The molecule has 0 aliphatic heterocycles. The van der Waals surface area contributed by atoms with Crippen molar-refractivity contribution in [1.29, 1.82) is 0 Å². The average molecular weight is 352 g/mol. The van der Waals surface area contributed by atoms with Gasteiger partial charge < -0.3 is 0 Å². The van der Waals surface area contributed by atoms with Crippen molar-refractivity contribution >= 4 is 31.3 Å². The van der Waals surface area contributed by atoms with Crippen LogP contribution in [0.5, 0.6) is 0 Å². The maximum atomic E-state index is 13.6. The summed E-state index contributed by atoms with van der Waals surface area (Å²) in [7, 11) is 1.30. The maximum absolute atomic E-state index is 13.6. The summed E-state index contributed by atoms with van der Waals surface area (Å²) in [5, 5.41) is 7.03. The van der Waals surface area contributed by atoms with Crippen LogP contribution in [-0.2, 0) is 14.6 Å². The zero-order valence-corrected chi connectivity index (χ0v) is 13.8. The van der Waals surface area contributed by atoms with Gasteiger partial charge in [-0.3, -0.25) is 4.57 Å². The highest BCUT2D eigenvalue weighted by molar-refractivity contribution is 8.13. The second kappa shape index (κ2) is 5.23. The highest BCUT2D eigenvalue weighted by atomic mass is 35.7. The lowest BCUT2D eigenvalue weighted by Crippen LogP contribution is -2.25. The largest absolute Gasteiger partial charge is 0.296 e. The molecule has 5 nitrogen and oxygen atoms in total. The van der Waals surface area contributed by atoms with Crippen molar-refractivity contribution in [3.05, 3.63) is 29.0 Å². The fourth-order valence-corrected chi connectivity index (χ4v) is 2.99. The molecule has 0 saturated carbocycles. The van der Waals surface area contributed by atoms with Gasteiger partial charge in [0.15, 0.2) is 5.82 Å². The Bertz CT molecular complexity index is 797. The van der Waals surface area contributed by atoms with Crippen LogP contribution in [0.1, 0.15) is 20.8 Å². The number of aromatic nitrogens is 3. The molecule has 21 heavy (non-hydrogen) atoms. The predicted molar refractivity (Wildman–Crippen MR) is 78.5 cm³/mol. The highest BCUT2D eigenvalue weighted by Gasteiger charge is 2.30. The summed E-state index contributed by atoms with van der Waals surface area (Å²) in [5.74, 6) is -0.440. The van der Waals surface area contributed by atoms with Gasteiger partial charge in [0.25, 0.3) is 14.2 Å². The minimum absolute atomic E-state index is 0.0363. The second-order valence-electron chi connectivity index (χ2n) is 5.38. The Morgan fingerprint density at radius 1 is 1.24 bits per heavy atom. The molecule has 0 spiro atoms. The Kier molecular flexibility index (Phi) is 4.03. The fraction of sp³-hybridized carbons (Fsp3) is 0.333. The van der Waals surface area contributed by atoms with E-state index in [-0.39, 0.29) is 16.0 Å². The Labute approximate surface area is 131 Å². The Hall–Kier alpha value is -1.18. The summed E-state index contributed by atoms with van der Waals surface area (Å²) in [6.07, 6.45) is 0. The van der Waals surface area contributed by atoms with Gasteiger partial charge in [-0.05, 0) is 39.0 Å². The number of hydrogen-bond donors (Lipinski definition) is 0. The molecule has 0 saturated heterocycles. The molecule has 0 radical (unpaired) electrons. The molecular formula is C12H12Cl2FN3O2S. The summed E-state index contributed by atoms with van der Waals surface area (Å²) in [4.78, 5) is 0. The van der Waals surface area contributed by atoms with Crippen LogP contribution in [0.15, 0.2) is 23.4 Å². The van der Waals surface area contributed by atoms with Crippen LogP contribution in [0.3, 0.4) is 0 Å². The molecule has 0 bridgehead atoms. The predicted octanol–water partition coefficient (Wildman–Crippen LogP) is 3.42. The SMILES string of the molecule is CC(C)(C)n1c(-c2ccc(Cl)c(F)c2)nnc1S(=O)(=O)Cl. The lowest BCUT2D eigenvalue weighted by Gasteiger charge is -2.24. The first kappa shape index (κ1) is 16.2. The van der Waals surface area contributed by atoms with Crippen molar-refractivity contribution in [2.45, 2.75) is 31.5 Å². The standard InChI is InChI=1S/C12H12Cl2FN3O2S/c1-12(2,3)18-10(16-17-11(18)21(14,19)20)7-4-5-8(13)9(15)6-7/h4-6H,1-3H3. The fourth-order valence-electron chi connectivity index (χ4n) is 1.85. The van der Waals surface area contributed by atoms with Gasteiger partial charge >= 0.3 is 0 Å². The molecule has 9 heteroatoms. The summed E-state index contributed by atoms with van der Waals surface area (Å²) in [5.41, 5.74) is -0.322. The average Bonchev–Trinajstić information content (AvgIpc) is 2.76. The minimum atomic E-state index is -4.08. The third-order valence-electron chi connectivity index (χ3n) is 2.70. The Balaban J connectivity index is 2.76. The van der Waals surface area contributed by atoms with E-state index < -0.39 is 20.4 Å². The van der Waals surface area contributed by atoms with Gasteiger partial charge in [0, 0.05) is 21.8 Å². The summed E-state index contributed by atoms with van der Waals surface area (Å²) >= 11 is 5.64. The second-order valence-corrected chi connectivity index (χ2v) is 8.25. The van der Waals surface area contributed by atoms with Crippen LogP contribution in [0.25, 0.3) is 11.4 Å². The van der Waals surface area contributed by atoms with E-state index >= 15 is 0 Å². The van der Waals surface area contributed by atoms with Crippen LogP contribution in [0, 0.1) is 5.82 Å². The third-order valence-corrected chi connectivity index (χ3v) is 4.12. The lowest BCUT2D eigenvalue weighted by molar-refractivity contribution is 0.367. The molecule has 0 amide bonds. The van der Waals surface area contributed by atoms with E-state index in [0.717, 1.165) is 0 Å². The minimum Gasteiger partial charge on any atom is -0.291 e. The smallest absolute Gasteiger partial charge is 0.291 e. The molecule has 2 rings (SSSR count). The van der Waals surface area contributed by atoms with Crippen molar-refractivity contribution < 1.29 is 12.8 Å². The molecule has 0 atom stereocenters. The molecule has 0 aliphatic carbocycles. The summed E-state index contributed by atoms with van der Waals surface area (Å²) < 4.78 is 38.2. The molecular weight excluding hydrogens is 340 g/mol. The van der Waals surface area contributed by atoms with Crippen molar-refractivity contribution in [2.75, 3.05) is 0 Å². The Morgan fingerprint density at radius 3 is 2.33 bits per heavy atom. The first-order chi connectivity index (χ1) is 9.51. The van der Waals surface area contributed by atoms with Gasteiger partial charge in [0.1, 0.15) is 5.82 Å². The van der Waals surface area contributed by atoms with Crippen LogP contribution in [0.4, 0.5) is 4.39 Å². The molecule has 2 aromatic rings. The monoisotopic (exact) mass is 351 g/mol. The van der Waals surface area contributed by atoms with Gasteiger partial charge in [-0.2, -0.15) is 0 Å². The van der Waals surface area contributed by atoms with Crippen molar-refractivity contribution in [3.8, 4) is 11.4 Å². The lowest BCUT2D eigenvalue weighted by atomic mass is 10.1. The molecule has 1 aromatic carbocycles. The molecule has 0 fully saturated rings. The van der Waals surface area contributed by atoms with Gasteiger partial charge in [0.05, 0.1) is 5.02 Å². The summed E-state index contributed by atoms with van der Waals surface area (Å²) in [6.45, 7) is 5.28. The molecule has 0 N–H and O–H groups in total. The quantitative estimate of drug-likeness (QED) is 0.777. The number of rotatable bonds is 2. The van der Waals surface area contributed by atoms with E-state index in [4.69, 9.17) is 22.3 Å². The highest BCUT2D eigenvalue weighted by Crippen LogP contribution is 2.30. The van der Waals surface area contributed by atoms with Gasteiger partial charge in [-0.25, -0.2) is 12.8 Å². The molecule has 0 unspecified atom stereocenters. The van der Waals surface area contributed by atoms with E-state index in [1.54, 1.807) is 20.8 Å². The maximum Gasteiger partial charge on any atom is 0.296 e. The summed E-state index contributed by atoms with van der Waals surface area (Å²) in [6, 6.07) is 4.06. The van der Waals surface area contributed by atoms with E-state index in [2.05, 4.69) is 10.2 Å². The topological polar surface area (TPSA) is 64.8 Å². The first-order valence-electron chi connectivity index (χ1n) is 5.88. The van der Waals surface area contributed by atoms with Crippen LogP contribution >= 0.6 is 22.3 Å². The van der Waals surface area contributed by atoms with E-state index in [1.165, 1.54) is 22.8 Å². The van der Waals surface area contributed by atoms with Gasteiger partial charge in [0.2, 0.25) is 0 Å². The van der Waals surface area contributed by atoms with Gasteiger partial charge in [-0.1, -0.05) is 11.6 Å².